The van der Waals surface area contributed by atoms with Crippen LogP contribution in [0.3, 0.4) is 0 Å². The first-order chi connectivity index (χ1) is 9.04. The first kappa shape index (κ1) is 13.6. The molecular weight excluding hydrogens is 255 g/mol. The van der Waals surface area contributed by atoms with E-state index >= 15 is 0 Å². The molecule has 2 aromatic rings. The van der Waals surface area contributed by atoms with Gasteiger partial charge in [0.15, 0.2) is 0 Å². The molecule has 0 aliphatic heterocycles. The maximum atomic E-state index is 13.0. The van der Waals surface area contributed by atoms with Crippen molar-refractivity contribution in [2.45, 2.75) is 19.6 Å². The zero-order valence-electron chi connectivity index (χ0n) is 10.4. The van der Waals surface area contributed by atoms with Crippen LogP contribution in [-0.2, 0) is 12.7 Å². The van der Waals surface area contributed by atoms with E-state index in [-0.39, 0.29) is 5.56 Å². The summed E-state index contributed by atoms with van der Waals surface area (Å²) in [6.07, 6.45) is -2.83. The third-order valence-corrected chi connectivity index (χ3v) is 2.79. The molecule has 0 aliphatic rings. The van der Waals surface area contributed by atoms with Gasteiger partial charge in [-0.25, -0.2) is 0 Å². The second-order valence-electron chi connectivity index (χ2n) is 4.09. The van der Waals surface area contributed by atoms with E-state index in [2.05, 4.69) is 15.5 Å². The first-order valence-corrected chi connectivity index (χ1v) is 5.93. The SMILES string of the molecule is CCNCc1cn[nH]c1-c1ccccc1C(F)(F)F. The van der Waals surface area contributed by atoms with Crippen molar-refractivity contribution in [3.05, 3.63) is 41.6 Å². The summed E-state index contributed by atoms with van der Waals surface area (Å²) in [5, 5.41) is 9.57. The average molecular weight is 269 g/mol. The molecule has 0 radical (unpaired) electrons. The van der Waals surface area contributed by atoms with Gasteiger partial charge in [-0.1, -0.05) is 25.1 Å². The fraction of sp³-hybridized carbons (Fsp3) is 0.308. The van der Waals surface area contributed by atoms with Gasteiger partial charge >= 0.3 is 6.18 Å². The smallest absolute Gasteiger partial charge is 0.313 e. The van der Waals surface area contributed by atoms with E-state index in [1.165, 1.54) is 12.1 Å². The minimum atomic E-state index is -4.38. The lowest BCUT2D eigenvalue weighted by Crippen LogP contribution is -2.12. The molecule has 1 aromatic heterocycles. The standard InChI is InChI=1S/C13H14F3N3/c1-2-17-7-9-8-18-19-12(9)10-5-3-4-6-11(10)13(14,15)16/h3-6,8,17H,2,7H2,1H3,(H,18,19). The topological polar surface area (TPSA) is 40.7 Å². The number of hydrogen-bond donors (Lipinski definition) is 2. The van der Waals surface area contributed by atoms with Crippen molar-refractivity contribution in [3.63, 3.8) is 0 Å². The molecule has 19 heavy (non-hydrogen) atoms. The predicted molar refractivity (Wildman–Crippen MR) is 66.4 cm³/mol. The predicted octanol–water partition coefficient (Wildman–Crippen LogP) is 3.21. The number of aromatic amines is 1. The van der Waals surface area contributed by atoms with E-state index in [9.17, 15) is 13.2 Å². The van der Waals surface area contributed by atoms with Gasteiger partial charge in [0.05, 0.1) is 17.5 Å². The Morgan fingerprint density at radius 3 is 2.68 bits per heavy atom. The number of aromatic nitrogens is 2. The fourth-order valence-electron chi connectivity index (χ4n) is 1.89. The highest BCUT2D eigenvalue weighted by Gasteiger charge is 2.34. The lowest BCUT2D eigenvalue weighted by Gasteiger charge is -2.12. The molecule has 0 fully saturated rings. The molecule has 0 saturated carbocycles. The van der Waals surface area contributed by atoms with Gasteiger partial charge in [0.2, 0.25) is 0 Å². The third kappa shape index (κ3) is 2.96. The van der Waals surface area contributed by atoms with Gasteiger partial charge in [0.25, 0.3) is 0 Å². The van der Waals surface area contributed by atoms with E-state index in [4.69, 9.17) is 0 Å². The minimum Gasteiger partial charge on any atom is -0.313 e. The molecule has 0 aliphatic carbocycles. The number of halogens is 3. The fourth-order valence-corrected chi connectivity index (χ4v) is 1.89. The van der Waals surface area contributed by atoms with Gasteiger partial charge in [0.1, 0.15) is 0 Å². The summed E-state index contributed by atoms with van der Waals surface area (Å²) in [5.74, 6) is 0. The molecule has 2 rings (SSSR count). The Morgan fingerprint density at radius 2 is 2.00 bits per heavy atom. The van der Waals surface area contributed by atoms with Crippen LogP contribution in [-0.4, -0.2) is 16.7 Å². The van der Waals surface area contributed by atoms with E-state index in [0.717, 1.165) is 18.2 Å². The van der Waals surface area contributed by atoms with E-state index in [1.54, 1.807) is 12.3 Å². The lowest BCUT2D eigenvalue weighted by molar-refractivity contribution is -0.137. The average Bonchev–Trinajstić information content (AvgIpc) is 2.83. The molecule has 6 heteroatoms. The van der Waals surface area contributed by atoms with Crippen LogP contribution in [0.25, 0.3) is 11.3 Å². The van der Waals surface area contributed by atoms with Crippen molar-refractivity contribution < 1.29 is 13.2 Å². The number of nitrogens with zero attached hydrogens (tertiary/aromatic N) is 1. The first-order valence-electron chi connectivity index (χ1n) is 5.93. The van der Waals surface area contributed by atoms with Gasteiger partial charge in [0, 0.05) is 17.7 Å². The Balaban J connectivity index is 2.45. The molecule has 0 spiro atoms. The molecule has 0 bridgehead atoms. The van der Waals surface area contributed by atoms with Crippen molar-refractivity contribution in [2.75, 3.05) is 6.54 Å². The van der Waals surface area contributed by atoms with E-state index in [0.29, 0.717) is 12.2 Å². The Morgan fingerprint density at radius 1 is 1.26 bits per heavy atom. The third-order valence-electron chi connectivity index (χ3n) is 2.79. The molecule has 1 heterocycles. The molecule has 102 valence electrons. The maximum Gasteiger partial charge on any atom is 0.417 e. The van der Waals surface area contributed by atoms with Crippen LogP contribution in [0.5, 0.6) is 0 Å². The van der Waals surface area contributed by atoms with Crippen LogP contribution in [0.4, 0.5) is 13.2 Å². The van der Waals surface area contributed by atoms with Crippen LogP contribution in [0.1, 0.15) is 18.1 Å². The van der Waals surface area contributed by atoms with Gasteiger partial charge in [-0.3, -0.25) is 5.10 Å². The van der Waals surface area contributed by atoms with Crippen LogP contribution >= 0.6 is 0 Å². The van der Waals surface area contributed by atoms with Crippen LogP contribution in [0.2, 0.25) is 0 Å². The second kappa shape index (κ2) is 5.44. The van der Waals surface area contributed by atoms with Crippen molar-refractivity contribution in [1.82, 2.24) is 15.5 Å². The normalized spacial score (nSPS) is 11.8. The quantitative estimate of drug-likeness (QED) is 0.894. The highest BCUT2D eigenvalue weighted by Crippen LogP contribution is 2.37. The highest BCUT2D eigenvalue weighted by molar-refractivity contribution is 5.67. The molecule has 0 unspecified atom stereocenters. The maximum absolute atomic E-state index is 13.0. The minimum absolute atomic E-state index is 0.125. The number of rotatable bonds is 4. The summed E-state index contributed by atoms with van der Waals surface area (Å²) >= 11 is 0. The van der Waals surface area contributed by atoms with Gasteiger partial charge in [-0.2, -0.15) is 18.3 Å². The van der Waals surface area contributed by atoms with Crippen LogP contribution < -0.4 is 5.32 Å². The molecular formula is C13H14F3N3. The number of nitrogens with one attached hydrogen (secondary N) is 2. The number of alkyl halides is 3. The van der Waals surface area contributed by atoms with Crippen LogP contribution in [0, 0.1) is 0 Å². The van der Waals surface area contributed by atoms with E-state index < -0.39 is 11.7 Å². The zero-order valence-corrected chi connectivity index (χ0v) is 10.4. The summed E-state index contributed by atoms with van der Waals surface area (Å²) < 4.78 is 38.9. The number of hydrogen-bond acceptors (Lipinski definition) is 2. The molecule has 0 atom stereocenters. The highest BCUT2D eigenvalue weighted by atomic mass is 19.4. The van der Waals surface area contributed by atoms with Gasteiger partial charge in [-0.15, -0.1) is 0 Å². The largest absolute Gasteiger partial charge is 0.417 e. The zero-order chi connectivity index (χ0) is 13.9. The van der Waals surface area contributed by atoms with Crippen molar-refractivity contribution in [1.29, 1.82) is 0 Å². The summed E-state index contributed by atoms with van der Waals surface area (Å²) in [5.41, 5.74) is 0.602. The van der Waals surface area contributed by atoms with E-state index in [1.807, 2.05) is 6.92 Å². The molecule has 3 nitrogen and oxygen atoms in total. The Kier molecular flexibility index (Phi) is 3.90. The van der Waals surface area contributed by atoms with Crippen LogP contribution in [0.15, 0.2) is 30.5 Å². The van der Waals surface area contributed by atoms with Crippen molar-refractivity contribution in [3.8, 4) is 11.3 Å². The summed E-state index contributed by atoms with van der Waals surface area (Å²) in [6.45, 7) is 3.16. The lowest BCUT2D eigenvalue weighted by atomic mass is 10.0. The van der Waals surface area contributed by atoms with Gasteiger partial charge < -0.3 is 5.32 Å². The summed E-state index contributed by atoms with van der Waals surface area (Å²) in [4.78, 5) is 0. The monoisotopic (exact) mass is 269 g/mol. The second-order valence-corrected chi connectivity index (χ2v) is 4.09. The number of benzene rings is 1. The Hall–Kier alpha value is -1.82. The van der Waals surface area contributed by atoms with Crippen molar-refractivity contribution in [2.24, 2.45) is 0 Å². The molecule has 1 aromatic carbocycles. The number of H-pyrrole nitrogens is 1. The Labute approximate surface area is 108 Å². The van der Waals surface area contributed by atoms with Crippen molar-refractivity contribution >= 4 is 0 Å². The molecule has 2 N–H and O–H groups in total. The molecule has 0 saturated heterocycles. The Bertz CT molecular complexity index is 546. The molecule has 0 amide bonds. The van der Waals surface area contributed by atoms with Gasteiger partial charge in [-0.05, 0) is 12.6 Å². The summed E-state index contributed by atoms with van der Waals surface area (Å²) in [6, 6.07) is 5.49. The summed E-state index contributed by atoms with van der Waals surface area (Å²) in [7, 11) is 0.